The van der Waals surface area contributed by atoms with E-state index in [1.54, 1.807) is 0 Å². The second-order valence-corrected chi connectivity index (χ2v) is 5.65. The lowest BCUT2D eigenvalue weighted by atomic mass is 10.1. The van der Waals surface area contributed by atoms with E-state index in [9.17, 15) is 0 Å². The van der Waals surface area contributed by atoms with E-state index in [4.69, 9.17) is 0 Å². The predicted octanol–water partition coefficient (Wildman–Crippen LogP) is 3.71. The molecule has 0 aliphatic carbocycles. The summed E-state index contributed by atoms with van der Waals surface area (Å²) < 4.78 is 0.229. The molecule has 56 valence electrons. The third kappa shape index (κ3) is 2.89. The van der Waals surface area contributed by atoms with Gasteiger partial charge in [-0.05, 0) is 6.42 Å². The lowest BCUT2D eigenvalue weighted by Gasteiger charge is -2.26. The summed E-state index contributed by atoms with van der Waals surface area (Å²) in [4.78, 5) is 0.509. The van der Waals surface area contributed by atoms with Gasteiger partial charge < -0.3 is 0 Å². The quantitative estimate of drug-likeness (QED) is 0.695. The summed E-state index contributed by atoms with van der Waals surface area (Å²) in [7, 11) is 0. The number of hydrogen-bond donors (Lipinski definition) is 0. The lowest BCUT2D eigenvalue weighted by Crippen LogP contribution is -2.30. The zero-order valence-corrected chi connectivity index (χ0v) is 10.4. The highest BCUT2D eigenvalue weighted by atomic mass is 79.9. The molecule has 9 heavy (non-hydrogen) atoms. The Kier molecular flexibility index (Phi) is 5.04. The number of rotatable bonds is 3. The van der Waals surface area contributed by atoms with Gasteiger partial charge in [0, 0.05) is 14.5 Å². The molecule has 2 unspecified atom stereocenters. The van der Waals surface area contributed by atoms with Gasteiger partial charge in [-0.3, -0.25) is 0 Å². The summed E-state index contributed by atoms with van der Waals surface area (Å²) in [5.74, 6) is 0. The van der Waals surface area contributed by atoms with Crippen LogP contribution in [-0.4, -0.2) is 14.5 Å². The Balaban J connectivity index is 3.92. The molecule has 0 heterocycles. The molecule has 0 aromatic heterocycles. The van der Waals surface area contributed by atoms with E-state index >= 15 is 0 Å². The first-order valence-electron chi connectivity index (χ1n) is 2.95. The highest BCUT2D eigenvalue weighted by molar-refractivity contribution is 9.14. The highest BCUT2D eigenvalue weighted by Crippen LogP contribution is 2.32. The first kappa shape index (κ1) is 10.4. The van der Waals surface area contributed by atoms with Crippen molar-refractivity contribution in [2.24, 2.45) is 0 Å². The van der Waals surface area contributed by atoms with Gasteiger partial charge >= 0.3 is 0 Å². The lowest BCUT2D eigenvalue weighted by molar-refractivity contribution is 0.647. The summed E-state index contributed by atoms with van der Waals surface area (Å²) in [6.45, 7) is 4.33. The summed E-state index contributed by atoms with van der Waals surface area (Å²) in [5.41, 5.74) is 0. The number of halogens is 3. The molecule has 0 radical (unpaired) electrons. The van der Waals surface area contributed by atoms with Crippen LogP contribution in [0, 0.1) is 0 Å². The minimum Gasteiger partial charge on any atom is -0.0912 e. The molecule has 0 saturated heterocycles. The van der Waals surface area contributed by atoms with E-state index in [1.165, 1.54) is 0 Å². The van der Waals surface area contributed by atoms with Gasteiger partial charge in [0.05, 0.1) is 0 Å². The minimum atomic E-state index is 0.229. The molecule has 0 saturated carbocycles. The third-order valence-electron chi connectivity index (χ3n) is 1.52. The van der Waals surface area contributed by atoms with Gasteiger partial charge in [-0.2, -0.15) is 0 Å². The molecular weight excluding hydrogens is 312 g/mol. The standard InChI is InChI=1S/C6H11Br3/c1-3-6(9,4-7)5(2)8/h5H,3-4H2,1-2H3. The Morgan fingerprint density at radius 3 is 2.00 bits per heavy atom. The highest BCUT2D eigenvalue weighted by Gasteiger charge is 2.27. The molecule has 0 fully saturated rings. The van der Waals surface area contributed by atoms with Gasteiger partial charge in [0.25, 0.3) is 0 Å². The molecule has 0 amide bonds. The van der Waals surface area contributed by atoms with Crippen LogP contribution in [0.4, 0.5) is 0 Å². The molecule has 0 bridgehead atoms. The van der Waals surface area contributed by atoms with E-state index in [2.05, 4.69) is 61.6 Å². The average Bonchev–Trinajstić information content (AvgIpc) is 1.86. The molecule has 0 aliphatic heterocycles. The van der Waals surface area contributed by atoms with Crippen LogP contribution in [0.15, 0.2) is 0 Å². The average molecular weight is 323 g/mol. The zero-order valence-electron chi connectivity index (χ0n) is 5.63. The maximum atomic E-state index is 3.65. The summed E-state index contributed by atoms with van der Waals surface area (Å²) >= 11 is 10.7. The van der Waals surface area contributed by atoms with Crippen LogP contribution < -0.4 is 0 Å². The van der Waals surface area contributed by atoms with Crippen molar-refractivity contribution >= 4 is 47.8 Å². The Morgan fingerprint density at radius 2 is 2.00 bits per heavy atom. The Hall–Kier alpha value is 1.44. The van der Waals surface area contributed by atoms with E-state index < -0.39 is 0 Å². The molecule has 0 spiro atoms. The molecule has 3 heteroatoms. The van der Waals surface area contributed by atoms with Gasteiger partial charge in [0.1, 0.15) is 0 Å². The Labute approximate surface area is 82.2 Å². The van der Waals surface area contributed by atoms with Crippen LogP contribution in [0.3, 0.4) is 0 Å². The molecule has 0 aromatic carbocycles. The smallest absolute Gasteiger partial charge is 0.0473 e. The Bertz CT molecular complexity index is 76.4. The molecular formula is C6H11Br3. The van der Waals surface area contributed by atoms with E-state index in [-0.39, 0.29) is 4.32 Å². The van der Waals surface area contributed by atoms with Crippen LogP contribution in [0.5, 0.6) is 0 Å². The summed E-state index contributed by atoms with van der Waals surface area (Å²) in [6, 6.07) is 0. The SMILES string of the molecule is CCC(Br)(CBr)C(C)Br. The number of alkyl halides is 3. The summed E-state index contributed by atoms with van der Waals surface area (Å²) in [6.07, 6.45) is 1.13. The molecule has 2 atom stereocenters. The van der Waals surface area contributed by atoms with Crippen molar-refractivity contribution < 1.29 is 0 Å². The maximum Gasteiger partial charge on any atom is 0.0473 e. The van der Waals surface area contributed by atoms with Crippen molar-refractivity contribution in [1.29, 1.82) is 0 Å². The van der Waals surface area contributed by atoms with Crippen molar-refractivity contribution in [3.63, 3.8) is 0 Å². The van der Waals surface area contributed by atoms with E-state index in [0.717, 1.165) is 11.8 Å². The third-order valence-corrected chi connectivity index (χ3v) is 6.29. The second kappa shape index (κ2) is 4.35. The predicted molar refractivity (Wildman–Crippen MR) is 54.1 cm³/mol. The maximum absolute atomic E-state index is 3.65. The van der Waals surface area contributed by atoms with Crippen molar-refractivity contribution in [3.05, 3.63) is 0 Å². The fourth-order valence-corrected chi connectivity index (χ4v) is 2.28. The normalized spacial score (nSPS) is 21.0. The van der Waals surface area contributed by atoms with Gasteiger partial charge in [0.15, 0.2) is 0 Å². The van der Waals surface area contributed by atoms with Crippen molar-refractivity contribution in [3.8, 4) is 0 Å². The van der Waals surface area contributed by atoms with Gasteiger partial charge in [-0.25, -0.2) is 0 Å². The van der Waals surface area contributed by atoms with Crippen LogP contribution in [0.25, 0.3) is 0 Å². The molecule has 0 N–H and O–H groups in total. The first-order valence-corrected chi connectivity index (χ1v) is 5.78. The monoisotopic (exact) mass is 320 g/mol. The van der Waals surface area contributed by atoms with Gasteiger partial charge in [-0.15, -0.1) is 0 Å². The number of hydrogen-bond acceptors (Lipinski definition) is 0. The minimum absolute atomic E-state index is 0.229. The Morgan fingerprint density at radius 1 is 1.56 bits per heavy atom. The molecule has 0 aromatic rings. The van der Waals surface area contributed by atoms with Crippen molar-refractivity contribution in [2.45, 2.75) is 29.4 Å². The van der Waals surface area contributed by atoms with E-state index in [1.807, 2.05) is 0 Å². The van der Waals surface area contributed by atoms with Gasteiger partial charge in [0.2, 0.25) is 0 Å². The zero-order chi connectivity index (χ0) is 7.49. The van der Waals surface area contributed by atoms with Crippen molar-refractivity contribution in [2.75, 3.05) is 5.33 Å². The van der Waals surface area contributed by atoms with E-state index in [0.29, 0.717) is 4.83 Å². The largest absolute Gasteiger partial charge is 0.0912 e. The molecule has 0 rings (SSSR count). The second-order valence-electron chi connectivity index (χ2n) is 2.14. The first-order chi connectivity index (χ1) is 4.06. The van der Waals surface area contributed by atoms with Crippen molar-refractivity contribution in [1.82, 2.24) is 0 Å². The fourth-order valence-electron chi connectivity index (χ4n) is 0.482. The van der Waals surface area contributed by atoms with Crippen LogP contribution in [0.1, 0.15) is 20.3 Å². The molecule has 0 aliphatic rings. The fraction of sp³-hybridized carbons (Fsp3) is 1.00. The topological polar surface area (TPSA) is 0 Å². The molecule has 0 nitrogen and oxygen atoms in total. The summed E-state index contributed by atoms with van der Waals surface area (Å²) in [5, 5.41) is 0.989. The van der Waals surface area contributed by atoms with Crippen LogP contribution in [-0.2, 0) is 0 Å². The van der Waals surface area contributed by atoms with Crippen LogP contribution >= 0.6 is 47.8 Å². The van der Waals surface area contributed by atoms with Crippen LogP contribution in [0.2, 0.25) is 0 Å². The van der Waals surface area contributed by atoms with Gasteiger partial charge in [-0.1, -0.05) is 61.6 Å².